The molecule has 1 nitrogen and oxygen atoms in total. The molecule has 0 bridgehead atoms. The van der Waals surface area contributed by atoms with Crippen molar-refractivity contribution in [3.8, 4) is 28.3 Å². The Bertz CT molecular complexity index is 986. The molecule has 0 aliphatic heterocycles. The largest absolute Gasteiger partial charge is 0.206 e. The highest BCUT2D eigenvalue weighted by Gasteiger charge is 2.18. The van der Waals surface area contributed by atoms with Crippen LogP contribution < -0.4 is 0 Å². The van der Waals surface area contributed by atoms with Gasteiger partial charge in [0.05, 0.1) is 5.56 Å². The average Bonchev–Trinajstić information content (AvgIpc) is 2.69. The fraction of sp³-hybridized carbons (Fsp3) is 0.208. The van der Waals surface area contributed by atoms with Crippen molar-refractivity contribution in [2.45, 2.75) is 32.6 Å². The zero-order valence-electron chi connectivity index (χ0n) is 15.3. The monoisotopic (exact) mass is 361 g/mol. The Morgan fingerprint density at radius 2 is 1.63 bits per heavy atom. The van der Waals surface area contributed by atoms with Crippen LogP contribution in [0.4, 0.5) is 8.78 Å². The summed E-state index contributed by atoms with van der Waals surface area (Å²) < 4.78 is 29.5. The van der Waals surface area contributed by atoms with E-state index in [0.717, 1.165) is 24.8 Å². The molecule has 27 heavy (non-hydrogen) atoms. The van der Waals surface area contributed by atoms with Crippen LogP contribution in [0.2, 0.25) is 0 Å². The molecule has 136 valence electrons. The summed E-state index contributed by atoms with van der Waals surface area (Å²) in [6.45, 7) is 2.17. The molecule has 0 aliphatic carbocycles. The van der Waals surface area contributed by atoms with E-state index < -0.39 is 11.6 Å². The Morgan fingerprint density at radius 1 is 0.889 bits per heavy atom. The molecular formula is C24H21F2N. The van der Waals surface area contributed by atoms with Crippen molar-refractivity contribution in [3.05, 3.63) is 83.4 Å². The number of rotatable bonds is 6. The molecule has 3 heteroatoms. The first kappa shape index (κ1) is 18.8. The molecule has 0 saturated heterocycles. The van der Waals surface area contributed by atoms with E-state index in [9.17, 15) is 8.78 Å². The number of aryl methyl sites for hydroxylation is 1. The van der Waals surface area contributed by atoms with Gasteiger partial charge >= 0.3 is 0 Å². The number of hydrogen-bond acceptors (Lipinski definition) is 1. The van der Waals surface area contributed by atoms with Crippen molar-refractivity contribution < 1.29 is 8.78 Å². The summed E-state index contributed by atoms with van der Waals surface area (Å²) in [5, 5.41) is 9.10. The number of hydrogen-bond donors (Lipinski definition) is 0. The third kappa shape index (κ3) is 4.06. The van der Waals surface area contributed by atoms with Crippen LogP contribution in [-0.2, 0) is 6.42 Å². The van der Waals surface area contributed by atoms with Crippen LogP contribution in [0.15, 0.2) is 60.7 Å². The van der Waals surface area contributed by atoms with Gasteiger partial charge in [0, 0.05) is 11.1 Å². The highest BCUT2D eigenvalue weighted by molar-refractivity contribution is 5.84. The van der Waals surface area contributed by atoms with E-state index in [0.29, 0.717) is 5.56 Å². The lowest BCUT2D eigenvalue weighted by molar-refractivity contribution is 0.614. The highest BCUT2D eigenvalue weighted by atomic mass is 19.1. The second-order valence-corrected chi connectivity index (χ2v) is 6.60. The summed E-state index contributed by atoms with van der Waals surface area (Å²) in [6.07, 6.45) is 4.39. The fourth-order valence-corrected chi connectivity index (χ4v) is 3.32. The normalized spacial score (nSPS) is 10.6. The minimum Gasteiger partial charge on any atom is -0.206 e. The lowest BCUT2D eigenvalue weighted by Gasteiger charge is -2.14. The van der Waals surface area contributed by atoms with E-state index in [1.54, 1.807) is 18.2 Å². The smallest absolute Gasteiger partial charge is 0.148 e. The number of benzene rings is 3. The van der Waals surface area contributed by atoms with E-state index in [2.05, 4.69) is 13.0 Å². The summed E-state index contributed by atoms with van der Waals surface area (Å²) in [7, 11) is 0. The second kappa shape index (κ2) is 8.60. The zero-order chi connectivity index (χ0) is 19.2. The lowest BCUT2D eigenvalue weighted by atomic mass is 9.91. The summed E-state index contributed by atoms with van der Waals surface area (Å²) in [5.41, 5.74) is 2.87. The molecule has 3 aromatic rings. The molecule has 3 rings (SSSR count). The quantitative estimate of drug-likeness (QED) is 0.438. The standard InChI is InChI=1S/C24H21F2N/c1-2-3-4-8-17-9-5-10-18(15-17)20-12-7-14-22(25)23(20)21-13-6-11-19(16-27)24(21)26/h5-7,9-15H,2-4,8H2,1H3. The van der Waals surface area contributed by atoms with Gasteiger partial charge in [0.2, 0.25) is 0 Å². The first-order valence-electron chi connectivity index (χ1n) is 9.22. The second-order valence-electron chi connectivity index (χ2n) is 6.60. The summed E-state index contributed by atoms with van der Waals surface area (Å²) in [6, 6.07) is 19.0. The first-order valence-corrected chi connectivity index (χ1v) is 9.22. The van der Waals surface area contributed by atoms with Gasteiger partial charge in [0.15, 0.2) is 0 Å². The molecule has 0 fully saturated rings. The Morgan fingerprint density at radius 3 is 2.41 bits per heavy atom. The number of halogens is 2. The van der Waals surface area contributed by atoms with Gasteiger partial charge in [-0.3, -0.25) is 0 Å². The molecule has 0 atom stereocenters. The maximum Gasteiger partial charge on any atom is 0.148 e. The molecule has 0 radical (unpaired) electrons. The summed E-state index contributed by atoms with van der Waals surface area (Å²) >= 11 is 0. The first-order chi connectivity index (χ1) is 13.2. The molecule has 0 saturated carbocycles. The average molecular weight is 361 g/mol. The van der Waals surface area contributed by atoms with Crippen molar-refractivity contribution in [2.75, 3.05) is 0 Å². The van der Waals surface area contributed by atoms with E-state index in [-0.39, 0.29) is 16.7 Å². The van der Waals surface area contributed by atoms with E-state index in [4.69, 9.17) is 5.26 Å². The van der Waals surface area contributed by atoms with E-state index in [1.165, 1.54) is 30.2 Å². The lowest BCUT2D eigenvalue weighted by Crippen LogP contribution is -1.95. The molecule has 0 aromatic heterocycles. The molecule has 0 N–H and O–H groups in total. The maximum absolute atomic E-state index is 14.7. The van der Waals surface area contributed by atoms with Crippen LogP contribution in [0.3, 0.4) is 0 Å². The molecule has 0 heterocycles. The predicted molar refractivity (Wildman–Crippen MR) is 105 cm³/mol. The molecule has 3 aromatic carbocycles. The number of nitrogens with zero attached hydrogens (tertiary/aromatic N) is 1. The van der Waals surface area contributed by atoms with Gasteiger partial charge in [-0.2, -0.15) is 5.26 Å². The van der Waals surface area contributed by atoms with Gasteiger partial charge in [-0.25, -0.2) is 8.78 Å². The Balaban J connectivity index is 2.11. The molecule has 0 amide bonds. The van der Waals surface area contributed by atoms with Crippen LogP contribution >= 0.6 is 0 Å². The summed E-state index contributed by atoms with van der Waals surface area (Å²) in [4.78, 5) is 0. The van der Waals surface area contributed by atoms with Crippen LogP contribution in [0.5, 0.6) is 0 Å². The van der Waals surface area contributed by atoms with Gasteiger partial charge in [-0.05, 0) is 41.7 Å². The van der Waals surface area contributed by atoms with Crippen LogP contribution in [0.25, 0.3) is 22.3 Å². The number of unbranched alkanes of at least 4 members (excludes halogenated alkanes) is 2. The van der Waals surface area contributed by atoms with Crippen molar-refractivity contribution in [2.24, 2.45) is 0 Å². The van der Waals surface area contributed by atoms with Crippen molar-refractivity contribution >= 4 is 0 Å². The fourth-order valence-electron chi connectivity index (χ4n) is 3.32. The third-order valence-electron chi connectivity index (χ3n) is 4.71. The van der Waals surface area contributed by atoms with Gasteiger partial charge in [-0.15, -0.1) is 0 Å². The SMILES string of the molecule is CCCCCc1cccc(-c2cccc(F)c2-c2cccc(C#N)c2F)c1. The third-order valence-corrected chi connectivity index (χ3v) is 4.71. The number of nitriles is 1. The highest BCUT2D eigenvalue weighted by Crippen LogP contribution is 2.36. The van der Waals surface area contributed by atoms with Gasteiger partial charge in [0.25, 0.3) is 0 Å². The van der Waals surface area contributed by atoms with Crippen LogP contribution in [0.1, 0.15) is 37.3 Å². The Hall–Kier alpha value is -2.99. The molecule has 0 spiro atoms. The molecule has 0 aliphatic rings. The molecular weight excluding hydrogens is 340 g/mol. The molecule has 0 unspecified atom stereocenters. The summed E-state index contributed by atoms with van der Waals surface area (Å²) in [5.74, 6) is -1.19. The predicted octanol–water partition coefficient (Wildman–Crippen LogP) is 6.90. The Labute approximate surface area is 158 Å². The van der Waals surface area contributed by atoms with Crippen molar-refractivity contribution in [1.29, 1.82) is 5.26 Å². The maximum atomic E-state index is 14.7. The van der Waals surface area contributed by atoms with Gasteiger partial charge < -0.3 is 0 Å². The van der Waals surface area contributed by atoms with Crippen molar-refractivity contribution in [1.82, 2.24) is 0 Å². The van der Waals surface area contributed by atoms with Gasteiger partial charge in [-0.1, -0.05) is 68.3 Å². The minimum absolute atomic E-state index is 0.0879. The van der Waals surface area contributed by atoms with E-state index >= 15 is 0 Å². The topological polar surface area (TPSA) is 23.8 Å². The Kier molecular flexibility index (Phi) is 5.98. The van der Waals surface area contributed by atoms with Crippen molar-refractivity contribution in [3.63, 3.8) is 0 Å². The van der Waals surface area contributed by atoms with E-state index in [1.807, 2.05) is 24.3 Å². The van der Waals surface area contributed by atoms with Crippen LogP contribution in [0, 0.1) is 23.0 Å². The van der Waals surface area contributed by atoms with Gasteiger partial charge in [0.1, 0.15) is 17.7 Å². The minimum atomic E-state index is -0.689. The zero-order valence-corrected chi connectivity index (χ0v) is 15.3. The van der Waals surface area contributed by atoms with Crippen LogP contribution in [-0.4, -0.2) is 0 Å².